The van der Waals surface area contributed by atoms with Gasteiger partial charge in [-0.05, 0) is 50.6 Å². The van der Waals surface area contributed by atoms with Crippen molar-refractivity contribution < 1.29 is 14.3 Å². The SMILES string of the molecule is Cc1ccc(C(=O)N[C@H]2COC[C@@H]2N2CCCCC2)cc1OCCN. The van der Waals surface area contributed by atoms with Gasteiger partial charge < -0.3 is 20.5 Å². The summed E-state index contributed by atoms with van der Waals surface area (Å²) in [6.07, 6.45) is 3.77. The number of ether oxygens (including phenoxy) is 2. The smallest absolute Gasteiger partial charge is 0.251 e. The summed E-state index contributed by atoms with van der Waals surface area (Å²) in [5, 5.41) is 3.16. The molecule has 6 heteroatoms. The van der Waals surface area contributed by atoms with E-state index in [1.54, 1.807) is 6.07 Å². The zero-order chi connectivity index (χ0) is 17.6. The molecule has 138 valence electrons. The lowest BCUT2D eigenvalue weighted by Gasteiger charge is -2.34. The average molecular weight is 347 g/mol. The maximum Gasteiger partial charge on any atom is 0.251 e. The third kappa shape index (κ3) is 4.51. The molecule has 0 bridgehead atoms. The normalized spacial score (nSPS) is 24.2. The number of hydrogen-bond acceptors (Lipinski definition) is 5. The highest BCUT2D eigenvalue weighted by molar-refractivity contribution is 5.95. The van der Waals surface area contributed by atoms with E-state index in [2.05, 4.69) is 10.2 Å². The van der Waals surface area contributed by atoms with E-state index in [-0.39, 0.29) is 18.0 Å². The monoisotopic (exact) mass is 347 g/mol. The Kier molecular flexibility index (Phi) is 6.29. The van der Waals surface area contributed by atoms with Gasteiger partial charge in [0.2, 0.25) is 0 Å². The second kappa shape index (κ2) is 8.65. The molecule has 1 aromatic rings. The van der Waals surface area contributed by atoms with Crippen molar-refractivity contribution in [3.05, 3.63) is 29.3 Å². The minimum Gasteiger partial charge on any atom is -0.492 e. The van der Waals surface area contributed by atoms with Crippen LogP contribution in [-0.4, -0.2) is 62.3 Å². The van der Waals surface area contributed by atoms with Crippen molar-refractivity contribution in [3.63, 3.8) is 0 Å². The van der Waals surface area contributed by atoms with E-state index in [0.717, 1.165) is 18.7 Å². The maximum atomic E-state index is 12.7. The Hall–Kier alpha value is -1.63. The van der Waals surface area contributed by atoms with Crippen LogP contribution in [0.2, 0.25) is 0 Å². The Bertz CT molecular complexity index is 587. The molecule has 0 saturated carbocycles. The van der Waals surface area contributed by atoms with Crippen LogP contribution in [0.3, 0.4) is 0 Å². The van der Waals surface area contributed by atoms with Crippen LogP contribution in [0.5, 0.6) is 5.75 Å². The Morgan fingerprint density at radius 1 is 1.32 bits per heavy atom. The van der Waals surface area contributed by atoms with Crippen molar-refractivity contribution in [2.45, 2.75) is 38.3 Å². The fourth-order valence-electron chi connectivity index (χ4n) is 3.61. The number of hydrogen-bond donors (Lipinski definition) is 2. The van der Waals surface area contributed by atoms with Crippen LogP contribution in [0.25, 0.3) is 0 Å². The van der Waals surface area contributed by atoms with Crippen LogP contribution in [0, 0.1) is 6.92 Å². The molecule has 3 N–H and O–H groups in total. The standard InChI is InChI=1S/C19H29N3O3/c1-14-5-6-15(11-18(14)25-10-7-20)19(23)21-16-12-24-13-17(16)22-8-3-2-4-9-22/h5-6,11,16-17H,2-4,7-10,12-13,20H2,1H3,(H,21,23)/t16-,17-/m0/s1. The van der Waals surface area contributed by atoms with E-state index < -0.39 is 0 Å². The number of nitrogens with one attached hydrogen (secondary N) is 1. The summed E-state index contributed by atoms with van der Waals surface area (Å²) in [7, 11) is 0. The minimum absolute atomic E-state index is 0.0420. The number of carbonyl (C=O) groups excluding carboxylic acids is 1. The number of piperidine rings is 1. The van der Waals surface area contributed by atoms with Crippen LogP contribution < -0.4 is 15.8 Å². The number of likely N-dealkylation sites (tertiary alicyclic amines) is 1. The minimum atomic E-state index is -0.0740. The van der Waals surface area contributed by atoms with Crippen LogP contribution in [0.1, 0.15) is 35.2 Å². The largest absolute Gasteiger partial charge is 0.492 e. The highest BCUT2D eigenvalue weighted by Gasteiger charge is 2.34. The van der Waals surface area contributed by atoms with E-state index >= 15 is 0 Å². The quantitative estimate of drug-likeness (QED) is 0.811. The number of carbonyl (C=O) groups is 1. The zero-order valence-electron chi connectivity index (χ0n) is 15.0. The fraction of sp³-hybridized carbons (Fsp3) is 0.632. The van der Waals surface area contributed by atoms with E-state index in [0.29, 0.717) is 37.7 Å². The van der Waals surface area contributed by atoms with Gasteiger partial charge in [-0.3, -0.25) is 9.69 Å². The molecular formula is C19H29N3O3. The molecule has 2 fully saturated rings. The van der Waals surface area contributed by atoms with Crippen molar-refractivity contribution in [3.8, 4) is 5.75 Å². The fourth-order valence-corrected chi connectivity index (χ4v) is 3.61. The Morgan fingerprint density at radius 2 is 2.12 bits per heavy atom. The van der Waals surface area contributed by atoms with Crippen molar-refractivity contribution >= 4 is 5.91 Å². The number of nitrogens with zero attached hydrogens (tertiary/aromatic N) is 1. The first kappa shape index (κ1) is 18.2. The number of nitrogens with two attached hydrogens (primary N) is 1. The molecule has 2 heterocycles. The number of benzene rings is 1. The predicted molar refractivity (Wildman–Crippen MR) is 97.0 cm³/mol. The predicted octanol–water partition coefficient (Wildman–Crippen LogP) is 1.32. The summed E-state index contributed by atoms with van der Waals surface area (Å²) in [6, 6.07) is 5.87. The molecule has 2 atom stereocenters. The van der Waals surface area contributed by atoms with E-state index in [9.17, 15) is 4.79 Å². The van der Waals surface area contributed by atoms with Crippen LogP contribution in [0.15, 0.2) is 18.2 Å². The van der Waals surface area contributed by atoms with E-state index in [1.807, 2.05) is 19.1 Å². The number of rotatable bonds is 6. The second-order valence-electron chi connectivity index (χ2n) is 6.90. The van der Waals surface area contributed by atoms with Crippen molar-refractivity contribution in [2.24, 2.45) is 5.73 Å². The molecule has 0 spiro atoms. The molecule has 2 aliphatic heterocycles. The van der Waals surface area contributed by atoms with Crippen molar-refractivity contribution in [1.29, 1.82) is 0 Å². The Labute approximate surface area is 149 Å². The van der Waals surface area contributed by atoms with Gasteiger partial charge in [0.25, 0.3) is 5.91 Å². The van der Waals surface area contributed by atoms with Crippen molar-refractivity contribution in [2.75, 3.05) is 39.5 Å². The van der Waals surface area contributed by atoms with Gasteiger partial charge in [-0.25, -0.2) is 0 Å². The highest BCUT2D eigenvalue weighted by Crippen LogP contribution is 2.22. The zero-order valence-corrected chi connectivity index (χ0v) is 15.0. The molecule has 0 aliphatic carbocycles. The summed E-state index contributed by atoms with van der Waals surface area (Å²) >= 11 is 0. The number of amides is 1. The molecule has 25 heavy (non-hydrogen) atoms. The Balaban J connectivity index is 1.64. The highest BCUT2D eigenvalue weighted by atomic mass is 16.5. The lowest BCUT2D eigenvalue weighted by atomic mass is 10.0. The molecule has 6 nitrogen and oxygen atoms in total. The second-order valence-corrected chi connectivity index (χ2v) is 6.90. The number of aryl methyl sites for hydroxylation is 1. The molecule has 1 aromatic carbocycles. The lowest BCUT2D eigenvalue weighted by Crippen LogP contribution is -2.52. The summed E-state index contributed by atoms with van der Waals surface area (Å²) in [4.78, 5) is 15.2. The van der Waals surface area contributed by atoms with Crippen LogP contribution >= 0.6 is 0 Å². The molecule has 0 aromatic heterocycles. The molecule has 0 unspecified atom stereocenters. The maximum absolute atomic E-state index is 12.7. The van der Waals surface area contributed by atoms with Gasteiger partial charge in [-0.15, -0.1) is 0 Å². The molecular weight excluding hydrogens is 318 g/mol. The van der Waals surface area contributed by atoms with Gasteiger partial charge in [0.05, 0.1) is 25.3 Å². The topological polar surface area (TPSA) is 76.8 Å². The van der Waals surface area contributed by atoms with Gasteiger partial charge in [0.1, 0.15) is 12.4 Å². The summed E-state index contributed by atoms with van der Waals surface area (Å²) in [5.41, 5.74) is 7.11. The van der Waals surface area contributed by atoms with E-state index in [1.165, 1.54) is 19.3 Å². The molecule has 1 amide bonds. The molecule has 3 rings (SSSR count). The third-order valence-corrected chi connectivity index (χ3v) is 5.05. The summed E-state index contributed by atoms with van der Waals surface area (Å²) in [6.45, 7) is 6.33. The first-order valence-electron chi connectivity index (χ1n) is 9.25. The van der Waals surface area contributed by atoms with E-state index in [4.69, 9.17) is 15.2 Å². The lowest BCUT2D eigenvalue weighted by molar-refractivity contribution is 0.0899. The van der Waals surface area contributed by atoms with Crippen molar-refractivity contribution in [1.82, 2.24) is 10.2 Å². The third-order valence-electron chi connectivity index (χ3n) is 5.05. The average Bonchev–Trinajstić information content (AvgIpc) is 3.09. The first-order valence-corrected chi connectivity index (χ1v) is 9.25. The van der Waals surface area contributed by atoms with Gasteiger partial charge in [-0.1, -0.05) is 12.5 Å². The first-order chi connectivity index (χ1) is 12.2. The summed E-state index contributed by atoms with van der Waals surface area (Å²) < 4.78 is 11.3. The van der Waals surface area contributed by atoms with Gasteiger partial charge in [0.15, 0.2) is 0 Å². The molecule has 0 radical (unpaired) electrons. The summed E-state index contributed by atoms with van der Waals surface area (Å²) in [5.74, 6) is 0.642. The van der Waals surface area contributed by atoms with Crippen LogP contribution in [0.4, 0.5) is 0 Å². The van der Waals surface area contributed by atoms with Gasteiger partial charge >= 0.3 is 0 Å². The molecule has 2 saturated heterocycles. The van der Waals surface area contributed by atoms with Gasteiger partial charge in [0, 0.05) is 12.1 Å². The Morgan fingerprint density at radius 3 is 2.88 bits per heavy atom. The molecule has 2 aliphatic rings. The van der Waals surface area contributed by atoms with Crippen LogP contribution in [-0.2, 0) is 4.74 Å². The van der Waals surface area contributed by atoms with Gasteiger partial charge in [-0.2, -0.15) is 0 Å².